The number of aliphatic hydroxyl groups excluding tert-OH is 1. The number of hydrogen-bond donors (Lipinski definition) is 3. The Labute approximate surface area is 157 Å². The van der Waals surface area contributed by atoms with Crippen molar-refractivity contribution in [1.29, 1.82) is 0 Å². The van der Waals surface area contributed by atoms with Crippen LogP contribution in [0.15, 0.2) is 12.2 Å². The van der Waals surface area contributed by atoms with Crippen LogP contribution in [-0.4, -0.2) is 38.8 Å². The number of aliphatic hydroxyl groups is 2. The van der Waals surface area contributed by atoms with Crippen molar-refractivity contribution in [2.45, 2.75) is 96.2 Å². The second-order valence-corrected chi connectivity index (χ2v) is 8.03. The SMILES string of the molecule is CCCCC(C)(O)CCC[C@H]1C(O)CC(=O)[C@@H]1CCCCC=CC(=O)O. The highest BCUT2D eigenvalue weighted by Crippen LogP contribution is 2.37. The lowest BCUT2D eigenvalue weighted by atomic mass is 9.83. The van der Waals surface area contributed by atoms with Crippen molar-refractivity contribution in [3.8, 4) is 0 Å². The van der Waals surface area contributed by atoms with Crippen molar-refractivity contribution in [2.24, 2.45) is 11.8 Å². The molecule has 0 radical (unpaired) electrons. The molecule has 3 N–H and O–H groups in total. The Kier molecular flexibility index (Phi) is 10.1. The van der Waals surface area contributed by atoms with Crippen molar-refractivity contribution in [1.82, 2.24) is 0 Å². The summed E-state index contributed by atoms with van der Waals surface area (Å²) >= 11 is 0. The van der Waals surface area contributed by atoms with Gasteiger partial charge in [-0.05, 0) is 51.4 Å². The first-order valence-electron chi connectivity index (χ1n) is 10.1. The van der Waals surface area contributed by atoms with Crippen LogP contribution in [0.2, 0.25) is 0 Å². The van der Waals surface area contributed by atoms with Crippen LogP contribution < -0.4 is 0 Å². The molecule has 1 rings (SSSR count). The van der Waals surface area contributed by atoms with Crippen molar-refractivity contribution < 1.29 is 24.9 Å². The van der Waals surface area contributed by atoms with E-state index in [9.17, 15) is 19.8 Å². The predicted molar refractivity (Wildman–Crippen MR) is 102 cm³/mol. The van der Waals surface area contributed by atoms with Crippen LogP contribution in [-0.2, 0) is 9.59 Å². The molecule has 150 valence electrons. The van der Waals surface area contributed by atoms with E-state index in [1.165, 1.54) is 0 Å². The quantitative estimate of drug-likeness (QED) is 0.339. The Morgan fingerprint density at radius 2 is 1.88 bits per heavy atom. The Balaban J connectivity index is 2.39. The standard InChI is InChI=1S/C21H36O5/c1-3-4-13-21(2,26)14-9-11-17-16(18(22)15-19(17)23)10-7-5-6-8-12-20(24)25/h8,12,16-17,19,23,26H,3-7,9-11,13-15H2,1-2H3,(H,24,25)/t16-,17-,19?,21?/m1/s1. The molecule has 0 aromatic heterocycles. The zero-order valence-corrected chi connectivity index (χ0v) is 16.3. The topological polar surface area (TPSA) is 94.8 Å². The molecule has 2 unspecified atom stereocenters. The maximum absolute atomic E-state index is 12.2. The summed E-state index contributed by atoms with van der Waals surface area (Å²) in [5.74, 6) is -0.872. The van der Waals surface area contributed by atoms with Crippen LogP contribution in [0.5, 0.6) is 0 Å². The fourth-order valence-corrected chi connectivity index (χ4v) is 4.00. The smallest absolute Gasteiger partial charge is 0.327 e. The highest BCUT2D eigenvalue weighted by Gasteiger charge is 2.40. The van der Waals surface area contributed by atoms with E-state index in [1.54, 1.807) is 6.08 Å². The van der Waals surface area contributed by atoms with Crippen LogP contribution in [0, 0.1) is 11.8 Å². The molecule has 1 saturated carbocycles. The van der Waals surface area contributed by atoms with Gasteiger partial charge in [-0.1, -0.05) is 38.7 Å². The van der Waals surface area contributed by atoms with E-state index in [0.29, 0.717) is 12.8 Å². The molecule has 5 heteroatoms. The zero-order chi connectivity index (χ0) is 19.6. The van der Waals surface area contributed by atoms with E-state index in [-0.39, 0.29) is 24.0 Å². The Morgan fingerprint density at radius 3 is 2.54 bits per heavy atom. The lowest BCUT2D eigenvalue weighted by Gasteiger charge is -2.26. The molecule has 26 heavy (non-hydrogen) atoms. The number of carbonyl (C=O) groups excluding carboxylic acids is 1. The number of carboxylic acids is 1. The molecule has 1 fully saturated rings. The molecule has 0 spiro atoms. The van der Waals surface area contributed by atoms with Gasteiger partial charge in [0.25, 0.3) is 0 Å². The normalized spacial score (nSPS) is 25.7. The molecule has 0 aliphatic heterocycles. The van der Waals surface area contributed by atoms with Gasteiger partial charge < -0.3 is 15.3 Å². The Hall–Kier alpha value is -1.20. The average Bonchev–Trinajstić information content (AvgIpc) is 2.82. The van der Waals surface area contributed by atoms with Crippen molar-refractivity contribution in [3.63, 3.8) is 0 Å². The van der Waals surface area contributed by atoms with E-state index in [1.807, 2.05) is 6.92 Å². The van der Waals surface area contributed by atoms with Gasteiger partial charge in [-0.15, -0.1) is 0 Å². The molecular formula is C21H36O5. The van der Waals surface area contributed by atoms with Gasteiger partial charge in [-0.2, -0.15) is 0 Å². The van der Waals surface area contributed by atoms with Gasteiger partial charge in [0.1, 0.15) is 5.78 Å². The van der Waals surface area contributed by atoms with Crippen LogP contribution in [0.1, 0.15) is 84.5 Å². The van der Waals surface area contributed by atoms with Crippen molar-refractivity contribution in [3.05, 3.63) is 12.2 Å². The van der Waals surface area contributed by atoms with Gasteiger partial charge in [0.15, 0.2) is 0 Å². The predicted octanol–water partition coefficient (Wildman–Crippen LogP) is 3.87. The van der Waals surface area contributed by atoms with E-state index >= 15 is 0 Å². The number of allylic oxidation sites excluding steroid dienone is 1. The summed E-state index contributed by atoms with van der Waals surface area (Å²) < 4.78 is 0. The molecule has 4 atom stereocenters. The highest BCUT2D eigenvalue weighted by atomic mass is 16.4. The zero-order valence-electron chi connectivity index (χ0n) is 16.3. The number of carbonyl (C=O) groups is 2. The molecule has 0 aromatic carbocycles. The summed E-state index contributed by atoms with van der Waals surface area (Å²) in [7, 11) is 0. The van der Waals surface area contributed by atoms with E-state index in [2.05, 4.69) is 6.92 Å². The number of hydrogen-bond acceptors (Lipinski definition) is 4. The minimum absolute atomic E-state index is 0.000892. The van der Waals surface area contributed by atoms with Gasteiger partial charge in [-0.25, -0.2) is 4.79 Å². The molecule has 1 aliphatic rings. The third-order valence-electron chi connectivity index (χ3n) is 5.55. The number of rotatable bonds is 13. The first-order chi connectivity index (χ1) is 12.3. The second-order valence-electron chi connectivity index (χ2n) is 8.03. The molecule has 0 heterocycles. The fraction of sp³-hybridized carbons (Fsp3) is 0.810. The van der Waals surface area contributed by atoms with Crippen LogP contribution in [0.4, 0.5) is 0 Å². The van der Waals surface area contributed by atoms with Crippen molar-refractivity contribution >= 4 is 11.8 Å². The Morgan fingerprint density at radius 1 is 1.19 bits per heavy atom. The first kappa shape index (κ1) is 22.8. The first-order valence-corrected chi connectivity index (χ1v) is 10.1. The van der Waals surface area contributed by atoms with Gasteiger partial charge in [0.05, 0.1) is 11.7 Å². The molecule has 0 bridgehead atoms. The van der Waals surface area contributed by atoms with Crippen molar-refractivity contribution in [2.75, 3.05) is 0 Å². The molecule has 0 amide bonds. The van der Waals surface area contributed by atoms with Crippen LogP contribution in [0.25, 0.3) is 0 Å². The third-order valence-corrected chi connectivity index (χ3v) is 5.55. The maximum Gasteiger partial charge on any atom is 0.327 e. The summed E-state index contributed by atoms with van der Waals surface area (Å²) in [6, 6.07) is 0. The largest absolute Gasteiger partial charge is 0.478 e. The summed E-state index contributed by atoms with van der Waals surface area (Å²) in [4.78, 5) is 22.6. The Bertz CT molecular complexity index is 469. The van der Waals surface area contributed by atoms with Gasteiger partial charge in [0.2, 0.25) is 0 Å². The molecule has 1 aliphatic carbocycles. The van der Waals surface area contributed by atoms with E-state index in [0.717, 1.165) is 57.4 Å². The molecular weight excluding hydrogens is 332 g/mol. The van der Waals surface area contributed by atoms with E-state index in [4.69, 9.17) is 5.11 Å². The number of ketones is 1. The number of aliphatic carboxylic acids is 1. The van der Waals surface area contributed by atoms with Crippen LogP contribution in [0.3, 0.4) is 0 Å². The molecule has 0 saturated heterocycles. The van der Waals surface area contributed by atoms with Gasteiger partial charge in [-0.3, -0.25) is 4.79 Å². The lowest BCUT2D eigenvalue weighted by molar-refractivity contribution is -0.131. The maximum atomic E-state index is 12.2. The highest BCUT2D eigenvalue weighted by molar-refractivity contribution is 5.84. The fourth-order valence-electron chi connectivity index (χ4n) is 4.00. The summed E-state index contributed by atoms with van der Waals surface area (Å²) in [6.07, 6.45) is 10.8. The average molecular weight is 369 g/mol. The third kappa shape index (κ3) is 8.45. The number of carboxylic acid groups (broad SMARTS) is 1. The van der Waals surface area contributed by atoms with E-state index < -0.39 is 17.7 Å². The second kappa shape index (κ2) is 11.5. The number of Topliss-reactive ketones (excluding diaryl/α,β-unsaturated/α-hetero) is 1. The lowest BCUT2D eigenvalue weighted by Crippen LogP contribution is -2.26. The minimum Gasteiger partial charge on any atom is -0.478 e. The monoisotopic (exact) mass is 368 g/mol. The van der Waals surface area contributed by atoms with Gasteiger partial charge >= 0.3 is 5.97 Å². The minimum atomic E-state index is -0.936. The number of unbranched alkanes of at least 4 members (excludes halogenated alkanes) is 3. The summed E-state index contributed by atoms with van der Waals surface area (Å²) in [6.45, 7) is 3.99. The summed E-state index contributed by atoms with van der Waals surface area (Å²) in [5.41, 5.74) is -0.657. The molecule has 0 aromatic rings. The van der Waals surface area contributed by atoms with Gasteiger partial charge in [0, 0.05) is 18.4 Å². The molecule has 5 nitrogen and oxygen atoms in total. The summed E-state index contributed by atoms with van der Waals surface area (Å²) in [5, 5.41) is 29.2. The van der Waals surface area contributed by atoms with Crippen LogP contribution >= 0.6 is 0 Å².